The van der Waals surface area contributed by atoms with Crippen molar-refractivity contribution in [3.8, 4) is 44.5 Å². The first-order chi connectivity index (χ1) is 28.8. The lowest BCUT2D eigenvalue weighted by atomic mass is 9.93. The Morgan fingerprint density at radius 2 is 0.793 bits per heavy atom. The van der Waals surface area contributed by atoms with E-state index in [0.717, 1.165) is 50.1 Å². The van der Waals surface area contributed by atoms with Crippen molar-refractivity contribution in [1.29, 1.82) is 0 Å². The van der Waals surface area contributed by atoms with Crippen molar-refractivity contribution in [2.75, 3.05) is 4.90 Å². The van der Waals surface area contributed by atoms with E-state index in [9.17, 15) is 0 Å². The Morgan fingerprint density at radius 3 is 1.57 bits per heavy atom. The Balaban J connectivity index is 1.05. The molecule has 0 radical (unpaired) electrons. The van der Waals surface area contributed by atoms with Gasteiger partial charge in [0.25, 0.3) is 0 Å². The Hall–Kier alpha value is -7.68. The summed E-state index contributed by atoms with van der Waals surface area (Å²) in [5.74, 6) is 0. The molecule has 0 aliphatic carbocycles. The van der Waals surface area contributed by atoms with E-state index in [1.807, 2.05) is 6.07 Å². The van der Waals surface area contributed by atoms with Crippen LogP contribution in [0.2, 0.25) is 0 Å². The van der Waals surface area contributed by atoms with Gasteiger partial charge in [-0.1, -0.05) is 182 Å². The van der Waals surface area contributed by atoms with Crippen LogP contribution in [0.1, 0.15) is 0 Å². The SMILES string of the molecule is c1ccc(-c2ccc3ccccc3c2)c(-c2ccc(N(c3ccc(-c4cccc5ccccc45)cc3)c3ccccc3-c3cccc4c3oc3ccccc34)cc2)c1. The molecule has 0 amide bonds. The van der Waals surface area contributed by atoms with Gasteiger partial charge in [-0.2, -0.15) is 0 Å². The largest absolute Gasteiger partial charge is 0.455 e. The molecule has 2 nitrogen and oxygen atoms in total. The van der Waals surface area contributed by atoms with Crippen LogP contribution in [0.4, 0.5) is 17.1 Å². The first-order valence-electron chi connectivity index (χ1n) is 19.8. The number of fused-ring (bicyclic) bond motifs is 5. The number of rotatable bonds is 7. The predicted octanol–water partition coefficient (Wildman–Crippen LogP) is 16.0. The maximum atomic E-state index is 6.60. The van der Waals surface area contributed by atoms with Crippen molar-refractivity contribution in [2.24, 2.45) is 0 Å². The molecule has 0 unspecified atom stereocenters. The van der Waals surface area contributed by atoms with Crippen LogP contribution in [0.15, 0.2) is 229 Å². The van der Waals surface area contributed by atoms with Crippen LogP contribution in [0.25, 0.3) is 88.0 Å². The molecule has 0 atom stereocenters. The minimum Gasteiger partial charge on any atom is -0.455 e. The highest BCUT2D eigenvalue weighted by Crippen LogP contribution is 2.45. The fourth-order valence-electron chi connectivity index (χ4n) is 8.68. The van der Waals surface area contributed by atoms with Gasteiger partial charge in [-0.3, -0.25) is 0 Å². The van der Waals surface area contributed by atoms with Crippen molar-refractivity contribution in [3.63, 3.8) is 0 Å². The molecule has 11 aromatic rings. The second kappa shape index (κ2) is 14.1. The molecular formula is C56H37NO. The molecule has 0 bridgehead atoms. The molecular weight excluding hydrogens is 703 g/mol. The lowest BCUT2D eigenvalue weighted by Gasteiger charge is -2.28. The van der Waals surface area contributed by atoms with Gasteiger partial charge in [0.2, 0.25) is 0 Å². The molecule has 0 saturated carbocycles. The molecule has 1 aromatic heterocycles. The molecule has 1 heterocycles. The average Bonchev–Trinajstić information content (AvgIpc) is 3.69. The zero-order valence-electron chi connectivity index (χ0n) is 31.7. The molecule has 0 aliphatic rings. The number of furan rings is 1. The number of hydrogen-bond donors (Lipinski definition) is 0. The third-order valence-corrected chi connectivity index (χ3v) is 11.5. The van der Waals surface area contributed by atoms with Gasteiger partial charge in [-0.25, -0.2) is 0 Å². The molecule has 0 N–H and O–H groups in total. The standard InChI is InChI=1S/C56H37NO/c1-2-15-42-37-43(28-27-38(42)13-1)49-19-6-5-18-47(49)40-29-33-44(34-30-40)57(45-35-31-41(32-36-45)48-22-11-16-39-14-3-4-17-46(39)48)54-25-9-7-20-50(54)52-23-12-24-53-51-21-8-10-26-55(51)58-56(52)53/h1-37H. The van der Waals surface area contributed by atoms with Crippen LogP contribution in [-0.2, 0) is 0 Å². The van der Waals surface area contributed by atoms with Crippen molar-refractivity contribution in [1.82, 2.24) is 0 Å². The summed E-state index contributed by atoms with van der Waals surface area (Å²) in [6.45, 7) is 0. The highest BCUT2D eigenvalue weighted by atomic mass is 16.3. The van der Waals surface area contributed by atoms with E-state index in [1.165, 1.54) is 54.9 Å². The van der Waals surface area contributed by atoms with Gasteiger partial charge in [-0.15, -0.1) is 0 Å². The van der Waals surface area contributed by atoms with Gasteiger partial charge in [-0.05, 0) is 97.4 Å². The van der Waals surface area contributed by atoms with Gasteiger partial charge >= 0.3 is 0 Å². The van der Waals surface area contributed by atoms with Crippen molar-refractivity contribution >= 4 is 60.5 Å². The van der Waals surface area contributed by atoms with Gasteiger partial charge in [0, 0.05) is 33.3 Å². The van der Waals surface area contributed by atoms with Crippen molar-refractivity contribution in [2.45, 2.75) is 0 Å². The van der Waals surface area contributed by atoms with E-state index in [1.54, 1.807) is 0 Å². The normalized spacial score (nSPS) is 11.4. The maximum absolute atomic E-state index is 6.60. The highest BCUT2D eigenvalue weighted by molar-refractivity contribution is 6.11. The monoisotopic (exact) mass is 739 g/mol. The number of benzene rings is 10. The van der Waals surface area contributed by atoms with Gasteiger partial charge < -0.3 is 9.32 Å². The van der Waals surface area contributed by atoms with E-state index in [-0.39, 0.29) is 0 Å². The second-order valence-corrected chi connectivity index (χ2v) is 14.9. The quantitative estimate of drug-likeness (QED) is 0.162. The zero-order valence-corrected chi connectivity index (χ0v) is 31.7. The Labute approximate surface area is 337 Å². The lowest BCUT2D eigenvalue weighted by Crippen LogP contribution is -2.11. The summed E-state index contributed by atoms with van der Waals surface area (Å²) >= 11 is 0. The predicted molar refractivity (Wildman–Crippen MR) is 245 cm³/mol. The number of nitrogens with zero attached hydrogens (tertiary/aromatic N) is 1. The van der Waals surface area contributed by atoms with Crippen LogP contribution in [0, 0.1) is 0 Å². The van der Waals surface area contributed by atoms with Crippen LogP contribution in [0.5, 0.6) is 0 Å². The first-order valence-corrected chi connectivity index (χ1v) is 19.8. The van der Waals surface area contributed by atoms with E-state index < -0.39 is 0 Å². The Kier molecular flexibility index (Phi) is 8.19. The minimum absolute atomic E-state index is 0.892. The molecule has 0 fully saturated rings. The molecule has 10 aromatic carbocycles. The molecule has 0 aliphatic heterocycles. The number of para-hydroxylation sites is 3. The molecule has 0 saturated heterocycles. The summed E-state index contributed by atoms with van der Waals surface area (Å²) in [6.07, 6.45) is 0. The summed E-state index contributed by atoms with van der Waals surface area (Å²) in [5, 5.41) is 7.21. The first kappa shape index (κ1) is 33.6. The third-order valence-electron chi connectivity index (χ3n) is 11.5. The highest BCUT2D eigenvalue weighted by Gasteiger charge is 2.21. The summed E-state index contributed by atoms with van der Waals surface area (Å²) in [4.78, 5) is 2.38. The van der Waals surface area contributed by atoms with E-state index >= 15 is 0 Å². The summed E-state index contributed by atoms with van der Waals surface area (Å²) in [7, 11) is 0. The molecule has 2 heteroatoms. The van der Waals surface area contributed by atoms with Crippen LogP contribution >= 0.6 is 0 Å². The lowest BCUT2D eigenvalue weighted by molar-refractivity contribution is 0.670. The fraction of sp³-hybridized carbons (Fsp3) is 0. The van der Waals surface area contributed by atoms with Gasteiger partial charge in [0.05, 0.1) is 5.69 Å². The molecule has 58 heavy (non-hydrogen) atoms. The summed E-state index contributed by atoms with van der Waals surface area (Å²) in [5.41, 5.74) is 14.3. The number of hydrogen-bond acceptors (Lipinski definition) is 2. The minimum atomic E-state index is 0.892. The smallest absolute Gasteiger partial charge is 0.143 e. The average molecular weight is 740 g/mol. The second-order valence-electron chi connectivity index (χ2n) is 14.9. The fourth-order valence-corrected chi connectivity index (χ4v) is 8.68. The third kappa shape index (κ3) is 5.82. The topological polar surface area (TPSA) is 16.4 Å². The van der Waals surface area contributed by atoms with Crippen LogP contribution < -0.4 is 4.90 Å². The van der Waals surface area contributed by atoms with Gasteiger partial charge in [0.15, 0.2) is 0 Å². The Bertz CT molecular complexity index is 3280. The van der Waals surface area contributed by atoms with E-state index in [4.69, 9.17) is 4.42 Å². The molecule has 11 rings (SSSR count). The summed E-state index contributed by atoms with van der Waals surface area (Å²) < 4.78 is 6.60. The maximum Gasteiger partial charge on any atom is 0.143 e. The van der Waals surface area contributed by atoms with Crippen molar-refractivity contribution < 1.29 is 4.42 Å². The van der Waals surface area contributed by atoms with Crippen LogP contribution in [0.3, 0.4) is 0 Å². The molecule has 0 spiro atoms. The van der Waals surface area contributed by atoms with E-state index in [2.05, 4.69) is 223 Å². The Morgan fingerprint density at radius 1 is 0.293 bits per heavy atom. The van der Waals surface area contributed by atoms with Crippen molar-refractivity contribution in [3.05, 3.63) is 224 Å². The molecule has 272 valence electrons. The number of anilines is 3. The van der Waals surface area contributed by atoms with E-state index in [0.29, 0.717) is 0 Å². The summed E-state index contributed by atoms with van der Waals surface area (Å²) in [6, 6.07) is 80.6. The zero-order chi connectivity index (χ0) is 38.4. The van der Waals surface area contributed by atoms with Crippen LogP contribution in [-0.4, -0.2) is 0 Å². The van der Waals surface area contributed by atoms with Gasteiger partial charge in [0.1, 0.15) is 11.2 Å².